The van der Waals surface area contributed by atoms with Crippen LogP contribution in [0.1, 0.15) is 12.1 Å². The van der Waals surface area contributed by atoms with Crippen molar-refractivity contribution in [1.82, 2.24) is 9.97 Å². The van der Waals surface area contributed by atoms with E-state index in [1.165, 1.54) is 12.4 Å². The molecule has 4 nitrogen and oxygen atoms in total. The molecule has 0 spiro atoms. The lowest BCUT2D eigenvalue weighted by molar-refractivity contribution is -0.136. The molecule has 6 heteroatoms. The summed E-state index contributed by atoms with van der Waals surface area (Å²) in [5.41, 5.74) is 0.981. The number of hydrogen-bond acceptors (Lipinski definition) is 2. The third-order valence-electron chi connectivity index (χ3n) is 2.49. The van der Waals surface area contributed by atoms with Crippen molar-refractivity contribution in [3.05, 3.63) is 41.9 Å². The molecule has 1 aromatic carbocycles. The maximum absolute atomic E-state index is 13.6. The van der Waals surface area contributed by atoms with Crippen molar-refractivity contribution < 1.29 is 18.7 Å². The van der Waals surface area contributed by atoms with Gasteiger partial charge in [-0.3, -0.25) is 4.79 Å². The normalized spacial score (nSPS) is 10.6. The Kier molecular flexibility index (Phi) is 3.36. The minimum atomic E-state index is -0.949. The van der Waals surface area contributed by atoms with E-state index in [0.717, 1.165) is 12.1 Å². The lowest BCUT2D eigenvalue weighted by atomic mass is 10.1. The maximum Gasteiger partial charge on any atom is 0.303 e. The first-order chi connectivity index (χ1) is 8.58. The molecule has 0 saturated heterocycles. The number of imidazole rings is 1. The van der Waals surface area contributed by atoms with Crippen LogP contribution in [0.25, 0.3) is 11.3 Å². The second-order valence-electron chi connectivity index (χ2n) is 3.75. The highest BCUT2D eigenvalue weighted by molar-refractivity contribution is 5.68. The van der Waals surface area contributed by atoms with Crippen molar-refractivity contribution in [2.45, 2.75) is 12.8 Å². The predicted octanol–water partition coefficient (Wildman–Crippen LogP) is 2.37. The number of carbonyl (C=O) groups is 1. The number of aliphatic carboxylic acids is 1. The van der Waals surface area contributed by atoms with Crippen molar-refractivity contribution in [1.29, 1.82) is 0 Å². The Hall–Kier alpha value is -2.24. The first-order valence-electron chi connectivity index (χ1n) is 5.27. The minimum Gasteiger partial charge on any atom is -0.481 e. The number of carboxylic acid groups (broad SMARTS) is 1. The Morgan fingerprint density at radius 1 is 1.39 bits per heavy atom. The molecule has 0 bridgehead atoms. The van der Waals surface area contributed by atoms with Gasteiger partial charge in [-0.1, -0.05) is 0 Å². The third kappa shape index (κ3) is 2.53. The van der Waals surface area contributed by atoms with Gasteiger partial charge in [-0.15, -0.1) is 0 Å². The van der Waals surface area contributed by atoms with E-state index in [9.17, 15) is 13.6 Å². The van der Waals surface area contributed by atoms with E-state index >= 15 is 0 Å². The molecule has 94 valence electrons. The van der Waals surface area contributed by atoms with E-state index < -0.39 is 17.6 Å². The van der Waals surface area contributed by atoms with E-state index in [4.69, 9.17) is 5.11 Å². The maximum atomic E-state index is 13.6. The van der Waals surface area contributed by atoms with Gasteiger partial charge in [0.05, 0.1) is 18.4 Å². The molecule has 0 saturated carbocycles. The molecule has 2 aromatic rings. The Labute approximate surface area is 101 Å². The van der Waals surface area contributed by atoms with Crippen LogP contribution in [0.15, 0.2) is 24.5 Å². The zero-order valence-corrected chi connectivity index (χ0v) is 9.28. The van der Waals surface area contributed by atoms with E-state index in [0.29, 0.717) is 11.4 Å². The number of nitrogens with zero attached hydrogens (tertiary/aromatic N) is 1. The largest absolute Gasteiger partial charge is 0.481 e. The molecule has 0 atom stereocenters. The first-order valence-corrected chi connectivity index (χ1v) is 5.27. The van der Waals surface area contributed by atoms with E-state index in [2.05, 4.69) is 9.97 Å². The summed E-state index contributed by atoms with van der Waals surface area (Å²) in [5, 5.41) is 8.61. The molecular formula is C12H10F2N2O2. The molecule has 0 aliphatic heterocycles. The van der Waals surface area contributed by atoms with E-state index in [-0.39, 0.29) is 18.4 Å². The number of halogens is 2. The smallest absolute Gasteiger partial charge is 0.303 e. The quantitative estimate of drug-likeness (QED) is 0.877. The average molecular weight is 252 g/mol. The van der Waals surface area contributed by atoms with Crippen LogP contribution in [0.5, 0.6) is 0 Å². The number of rotatable bonds is 4. The number of aromatic amines is 1. The topological polar surface area (TPSA) is 66.0 Å². The van der Waals surface area contributed by atoms with E-state index in [1.54, 1.807) is 0 Å². The monoisotopic (exact) mass is 252 g/mol. The van der Waals surface area contributed by atoms with E-state index in [1.807, 2.05) is 0 Å². The Morgan fingerprint density at radius 2 is 2.17 bits per heavy atom. The van der Waals surface area contributed by atoms with Crippen LogP contribution in [-0.2, 0) is 11.2 Å². The second kappa shape index (κ2) is 4.95. The molecule has 1 aromatic heterocycles. The van der Waals surface area contributed by atoms with Gasteiger partial charge in [0.2, 0.25) is 0 Å². The van der Waals surface area contributed by atoms with Gasteiger partial charge in [0.15, 0.2) is 0 Å². The van der Waals surface area contributed by atoms with Crippen LogP contribution in [0, 0.1) is 11.6 Å². The molecule has 0 aliphatic carbocycles. The number of benzene rings is 1. The van der Waals surface area contributed by atoms with Gasteiger partial charge < -0.3 is 10.1 Å². The highest BCUT2D eigenvalue weighted by atomic mass is 19.1. The number of H-pyrrole nitrogens is 1. The highest BCUT2D eigenvalue weighted by Crippen LogP contribution is 2.24. The molecule has 2 N–H and O–H groups in total. The molecule has 0 radical (unpaired) electrons. The molecule has 18 heavy (non-hydrogen) atoms. The molecule has 0 amide bonds. The molecule has 0 unspecified atom stereocenters. The lowest BCUT2D eigenvalue weighted by Crippen LogP contribution is -1.99. The number of aromatic nitrogens is 2. The summed E-state index contributed by atoms with van der Waals surface area (Å²) in [6.07, 6.45) is 1.48. The van der Waals surface area contributed by atoms with Crippen molar-refractivity contribution in [2.24, 2.45) is 0 Å². The van der Waals surface area contributed by atoms with Crippen LogP contribution in [0.4, 0.5) is 8.78 Å². The molecule has 0 fully saturated rings. The second-order valence-corrected chi connectivity index (χ2v) is 3.75. The fraction of sp³-hybridized carbons (Fsp3) is 0.167. The Bertz CT molecular complexity index is 581. The summed E-state index contributed by atoms with van der Waals surface area (Å²) in [6, 6.07) is 3.18. The van der Waals surface area contributed by atoms with Gasteiger partial charge in [0, 0.05) is 23.7 Å². The summed E-state index contributed by atoms with van der Waals surface area (Å²) in [7, 11) is 0. The summed E-state index contributed by atoms with van der Waals surface area (Å²) in [6.45, 7) is 0. The standard InChI is InChI=1S/C12H10F2N2O2/c13-7-1-2-8(9(14)5-7)12-10(15-6-16-12)3-4-11(17)18/h1-2,5-6H,3-4H2,(H,15,16)(H,17,18). The van der Waals surface area contributed by atoms with Crippen molar-refractivity contribution in [2.75, 3.05) is 0 Å². The van der Waals surface area contributed by atoms with Gasteiger partial charge >= 0.3 is 5.97 Å². The van der Waals surface area contributed by atoms with Gasteiger partial charge in [0.25, 0.3) is 0 Å². The van der Waals surface area contributed by atoms with Crippen molar-refractivity contribution in [3.8, 4) is 11.3 Å². The number of carboxylic acids is 1. The minimum absolute atomic E-state index is 0.0853. The number of nitrogens with one attached hydrogen (secondary N) is 1. The zero-order valence-electron chi connectivity index (χ0n) is 9.28. The molecular weight excluding hydrogens is 242 g/mol. The van der Waals surface area contributed by atoms with Crippen LogP contribution in [0.3, 0.4) is 0 Å². The summed E-state index contributed by atoms with van der Waals surface area (Å²) >= 11 is 0. The number of aryl methyl sites for hydroxylation is 1. The third-order valence-corrected chi connectivity index (χ3v) is 2.49. The Morgan fingerprint density at radius 3 is 2.83 bits per heavy atom. The van der Waals surface area contributed by atoms with Crippen molar-refractivity contribution >= 4 is 5.97 Å². The van der Waals surface area contributed by atoms with Gasteiger partial charge in [-0.05, 0) is 12.1 Å². The van der Waals surface area contributed by atoms with Gasteiger partial charge in [-0.2, -0.15) is 0 Å². The van der Waals surface area contributed by atoms with Crippen LogP contribution < -0.4 is 0 Å². The highest BCUT2D eigenvalue weighted by Gasteiger charge is 2.14. The fourth-order valence-electron chi connectivity index (χ4n) is 1.66. The Balaban J connectivity index is 2.33. The fourth-order valence-corrected chi connectivity index (χ4v) is 1.66. The van der Waals surface area contributed by atoms with Gasteiger partial charge in [-0.25, -0.2) is 13.8 Å². The van der Waals surface area contributed by atoms with Crippen LogP contribution in [-0.4, -0.2) is 21.0 Å². The average Bonchev–Trinajstić information content (AvgIpc) is 2.74. The van der Waals surface area contributed by atoms with Crippen LogP contribution in [0.2, 0.25) is 0 Å². The zero-order chi connectivity index (χ0) is 13.1. The predicted molar refractivity (Wildman–Crippen MR) is 59.9 cm³/mol. The summed E-state index contributed by atoms with van der Waals surface area (Å²) < 4.78 is 26.4. The molecule has 1 heterocycles. The van der Waals surface area contributed by atoms with Gasteiger partial charge in [0.1, 0.15) is 11.6 Å². The SMILES string of the molecule is O=C(O)CCc1[nH]cnc1-c1ccc(F)cc1F. The summed E-state index contributed by atoms with van der Waals surface area (Å²) in [4.78, 5) is 17.2. The molecule has 2 rings (SSSR count). The number of hydrogen-bond donors (Lipinski definition) is 2. The van der Waals surface area contributed by atoms with Crippen molar-refractivity contribution in [3.63, 3.8) is 0 Å². The summed E-state index contributed by atoms with van der Waals surface area (Å²) in [5.74, 6) is -2.34. The molecule has 0 aliphatic rings. The first kappa shape index (κ1) is 12.2. The lowest BCUT2D eigenvalue weighted by Gasteiger charge is -2.03. The van der Waals surface area contributed by atoms with Crippen LogP contribution >= 0.6 is 0 Å².